The van der Waals surface area contributed by atoms with E-state index in [0.29, 0.717) is 5.92 Å². The molecule has 2 aliphatic rings. The normalized spacial score (nSPS) is 15.2. The Labute approximate surface area is 390 Å². The van der Waals surface area contributed by atoms with Gasteiger partial charge in [0.05, 0.1) is 0 Å². The van der Waals surface area contributed by atoms with Crippen molar-refractivity contribution in [3.05, 3.63) is 138 Å². The third-order valence-corrected chi connectivity index (χ3v) is 20.5. The number of rotatable bonds is 0. The van der Waals surface area contributed by atoms with Gasteiger partial charge in [-0.3, -0.25) is 0 Å². The van der Waals surface area contributed by atoms with Crippen molar-refractivity contribution >= 4 is 54.7 Å². The predicted octanol–water partition coefficient (Wildman–Crippen LogP) is 18.5. The molecule has 0 saturated carbocycles. The van der Waals surface area contributed by atoms with E-state index in [1.807, 2.05) is 11.3 Å². The zero-order valence-corrected chi connectivity index (χ0v) is 45.3. The Morgan fingerprint density at radius 2 is 0.651 bits per heavy atom. The average Bonchev–Trinajstić information content (AvgIpc) is 3.90. The molecule has 0 saturated heterocycles. The zero-order chi connectivity index (χ0) is 46.9. The monoisotopic (exact) mass is 873 g/mol. The van der Waals surface area contributed by atoms with E-state index in [4.69, 9.17) is 0 Å². The van der Waals surface area contributed by atoms with Crippen LogP contribution < -0.4 is 0 Å². The van der Waals surface area contributed by atoms with Gasteiger partial charge in [-0.15, -0.1) is 23.1 Å². The lowest BCUT2D eigenvalue weighted by molar-refractivity contribution is 0.756. The molecule has 6 aromatic carbocycles. The summed E-state index contributed by atoms with van der Waals surface area (Å²) in [6, 6.07) is 0. The van der Waals surface area contributed by atoms with Gasteiger partial charge in [0, 0.05) is 19.7 Å². The van der Waals surface area contributed by atoms with Crippen molar-refractivity contribution in [2.45, 2.75) is 189 Å². The van der Waals surface area contributed by atoms with E-state index in [1.54, 1.807) is 21.6 Å². The van der Waals surface area contributed by atoms with Crippen LogP contribution in [0.15, 0.2) is 4.90 Å². The molecule has 2 heteroatoms. The summed E-state index contributed by atoms with van der Waals surface area (Å²) in [7, 11) is 0. The smallest absolute Gasteiger partial charge is 0.0383 e. The molecule has 0 fully saturated rings. The summed E-state index contributed by atoms with van der Waals surface area (Å²) < 4.78 is 1.53. The fourth-order valence-corrected chi connectivity index (χ4v) is 14.7. The molecule has 0 amide bonds. The number of hydrogen-bond acceptors (Lipinski definition) is 2. The number of benzene rings is 6. The summed E-state index contributed by atoms with van der Waals surface area (Å²) in [4.78, 5) is 3.05. The second kappa shape index (κ2) is 16.5. The van der Waals surface area contributed by atoms with E-state index in [0.717, 1.165) is 11.7 Å². The maximum atomic E-state index is 2.38. The Hall–Kier alpha value is -3.85. The standard InChI is InChI=1S/C24H30.C21H26.C16H20S2/c1-11-12(2)16(6)22-20(10)24-18(8)14(4)13(3)17(7)23(24)19(9)21(22)15(11)5;1-10-12(3)16(7)20-18(14(10)5)9-19-15(6)11(2)13(4)17(8)21(19)20;1-7-11(5)17-15-10(4)14-8(2)12(6)18-16(14)9(3)13(7)15/h1-10H3;9H2,1-8H3;7,11H,1-6H3. The molecule has 1 aliphatic heterocycles. The summed E-state index contributed by atoms with van der Waals surface area (Å²) >= 11 is 4.06. The van der Waals surface area contributed by atoms with Crippen molar-refractivity contribution in [1.82, 2.24) is 0 Å². The van der Waals surface area contributed by atoms with E-state index in [1.165, 1.54) is 164 Å². The number of hydrogen-bond donors (Lipinski definition) is 0. The van der Waals surface area contributed by atoms with Crippen LogP contribution in [0.25, 0.3) is 42.8 Å². The lowest BCUT2D eigenvalue weighted by Gasteiger charge is -2.24. The van der Waals surface area contributed by atoms with E-state index in [-0.39, 0.29) is 0 Å². The molecule has 7 aromatic rings. The van der Waals surface area contributed by atoms with Crippen molar-refractivity contribution in [3.63, 3.8) is 0 Å². The van der Waals surface area contributed by atoms with E-state index in [2.05, 4.69) is 178 Å². The highest BCUT2D eigenvalue weighted by Crippen LogP contribution is 2.53. The minimum absolute atomic E-state index is 0.691. The maximum absolute atomic E-state index is 2.38. The molecular formula is C61H76S2. The van der Waals surface area contributed by atoms with Gasteiger partial charge < -0.3 is 0 Å². The van der Waals surface area contributed by atoms with E-state index < -0.39 is 0 Å². The van der Waals surface area contributed by atoms with Crippen molar-refractivity contribution in [3.8, 4) is 11.1 Å². The Morgan fingerprint density at radius 3 is 1.02 bits per heavy atom. The van der Waals surface area contributed by atoms with Crippen molar-refractivity contribution in [1.29, 1.82) is 0 Å². The first-order valence-corrected chi connectivity index (χ1v) is 25.3. The lowest BCUT2D eigenvalue weighted by atomic mass is 9.80. The van der Waals surface area contributed by atoms with Gasteiger partial charge in [-0.05, 0) is 336 Å². The first-order chi connectivity index (χ1) is 29.3. The van der Waals surface area contributed by atoms with Crippen LogP contribution >= 0.6 is 23.1 Å². The number of fused-ring (bicyclic) bond motifs is 7. The third-order valence-electron chi connectivity index (χ3n) is 17.7. The van der Waals surface area contributed by atoms with E-state index in [9.17, 15) is 0 Å². The van der Waals surface area contributed by atoms with Crippen LogP contribution in [0.3, 0.4) is 0 Å². The van der Waals surface area contributed by atoms with Crippen LogP contribution in [0.4, 0.5) is 0 Å². The maximum Gasteiger partial charge on any atom is 0.0383 e. The van der Waals surface area contributed by atoms with Crippen molar-refractivity contribution < 1.29 is 0 Å². The highest BCUT2D eigenvalue weighted by atomic mass is 32.2. The third kappa shape index (κ3) is 6.80. The van der Waals surface area contributed by atoms with Crippen LogP contribution in [0, 0.1) is 152 Å². The fourth-order valence-electron chi connectivity index (χ4n) is 12.0. The van der Waals surface area contributed by atoms with Gasteiger partial charge in [-0.1, -0.05) is 13.8 Å². The zero-order valence-electron chi connectivity index (χ0n) is 43.7. The molecule has 0 bridgehead atoms. The quantitative estimate of drug-likeness (QED) is 0.137. The Kier molecular flexibility index (Phi) is 12.4. The van der Waals surface area contributed by atoms with E-state index >= 15 is 0 Å². The molecule has 1 aromatic heterocycles. The first kappa shape index (κ1) is 47.1. The predicted molar refractivity (Wildman–Crippen MR) is 286 cm³/mol. The minimum Gasteiger partial charge on any atom is -0.140 e. The molecule has 0 N–H and O–H groups in total. The molecule has 332 valence electrons. The highest BCUT2D eigenvalue weighted by molar-refractivity contribution is 8.00. The SMILES string of the molecule is Cc1c(C)c(C)c2c(C)c3c(C)c(C)c(C)c(C)c3c(C)c2c1C.Cc1c(C)c(C)c2c(c1C)Cc1c(C)c(C)c(C)c(C)c1-2.Cc1sc2c(C)c3c(c(C)c2c1C)SC(C)C3C. The average molecular weight is 873 g/mol. The number of aryl methyl sites for hydroxylation is 10. The summed E-state index contributed by atoms with van der Waals surface area (Å²) in [5.41, 5.74) is 38.7. The van der Waals surface area contributed by atoms with Crippen LogP contribution in [0.1, 0.15) is 158 Å². The molecule has 0 spiro atoms. The second-order valence-electron chi connectivity index (χ2n) is 20.2. The molecule has 63 heavy (non-hydrogen) atoms. The summed E-state index contributed by atoms with van der Waals surface area (Å²) in [6.45, 7) is 55.2. The van der Waals surface area contributed by atoms with Gasteiger partial charge in [0.1, 0.15) is 0 Å². The number of thioether (sulfide) groups is 1. The molecule has 2 unspecified atom stereocenters. The molecule has 2 atom stereocenters. The van der Waals surface area contributed by atoms with Crippen LogP contribution in [-0.2, 0) is 6.42 Å². The molecule has 0 radical (unpaired) electrons. The topological polar surface area (TPSA) is 0 Å². The fraction of sp³-hybridized carbons (Fsp3) is 0.443. The summed E-state index contributed by atoms with van der Waals surface area (Å²) in [5, 5.41) is 8.16. The van der Waals surface area contributed by atoms with Gasteiger partial charge in [0.2, 0.25) is 0 Å². The second-order valence-corrected chi connectivity index (χ2v) is 22.8. The largest absolute Gasteiger partial charge is 0.140 e. The van der Waals surface area contributed by atoms with Gasteiger partial charge in [-0.25, -0.2) is 0 Å². The van der Waals surface area contributed by atoms with Gasteiger partial charge in [0.25, 0.3) is 0 Å². The first-order valence-electron chi connectivity index (χ1n) is 23.6. The molecule has 0 nitrogen and oxygen atoms in total. The Morgan fingerprint density at radius 1 is 0.317 bits per heavy atom. The molecule has 2 heterocycles. The lowest BCUT2D eigenvalue weighted by Crippen LogP contribution is -2.03. The summed E-state index contributed by atoms with van der Waals surface area (Å²) in [5.74, 6) is 0.691. The summed E-state index contributed by atoms with van der Waals surface area (Å²) in [6.07, 6.45) is 1.12. The highest BCUT2D eigenvalue weighted by Gasteiger charge is 2.32. The molecule has 1 aliphatic carbocycles. The van der Waals surface area contributed by atoms with Crippen LogP contribution in [0.2, 0.25) is 0 Å². The molecular weight excluding hydrogens is 797 g/mol. The van der Waals surface area contributed by atoms with Crippen molar-refractivity contribution in [2.24, 2.45) is 0 Å². The van der Waals surface area contributed by atoms with Crippen LogP contribution in [0.5, 0.6) is 0 Å². The van der Waals surface area contributed by atoms with Gasteiger partial charge >= 0.3 is 0 Å². The molecule has 9 rings (SSSR count). The number of thiophene rings is 1. The van der Waals surface area contributed by atoms with Crippen molar-refractivity contribution in [2.75, 3.05) is 0 Å². The van der Waals surface area contributed by atoms with Gasteiger partial charge in [0.15, 0.2) is 0 Å². The Balaban J connectivity index is 0.000000143. The van der Waals surface area contributed by atoms with Gasteiger partial charge in [-0.2, -0.15) is 0 Å². The Bertz CT molecular complexity index is 2900. The van der Waals surface area contributed by atoms with Crippen LogP contribution in [-0.4, -0.2) is 5.25 Å². The minimum atomic E-state index is 0.691.